The smallest absolute Gasteiger partial charge is 0.147 e. The molecule has 0 bridgehead atoms. The Kier molecular flexibility index (Phi) is 4.77. The number of hydrogen-bond donors (Lipinski definition) is 1. The standard InChI is InChI=1S/C10H13Cl2N3S/c1-6(3-9(13)16)15(2)10-8(12)4-7(11)5-14-10/h4-6H,3H2,1-2H3,(H2,13,16). The van der Waals surface area contributed by atoms with E-state index in [0.29, 0.717) is 27.3 Å². The van der Waals surface area contributed by atoms with Gasteiger partial charge in [0, 0.05) is 25.7 Å². The third kappa shape index (κ3) is 3.47. The normalized spacial score (nSPS) is 12.2. The molecule has 0 aliphatic heterocycles. The molecule has 0 aliphatic carbocycles. The molecule has 88 valence electrons. The lowest BCUT2D eigenvalue weighted by Gasteiger charge is -2.26. The Labute approximate surface area is 111 Å². The second kappa shape index (κ2) is 5.66. The fraction of sp³-hybridized carbons (Fsp3) is 0.400. The minimum Gasteiger partial charge on any atom is -0.393 e. The molecule has 0 saturated carbocycles. The lowest BCUT2D eigenvalue weighted by atomic mass is 10.2. The van der Waals surface area contributed by atoms with Crippen molar-refractivity contribution in [2.75, 3.05) is 11.9 Å². The van der Waals surface area contributed by atoms with Gasteiger partial charge in [0.15, 0.2) is 0 Å². The van der Waals surface area contributed by atoms with E-state index in [2.05, 4.69) is 4.98 Å². The number of pyridine rings is 1. The van der Waals surface area contributed by atoms with Gasteiger partial charge in [-0.2, -0.15) is 0 Å². The highest BCUT2D eigenvalue weighted by atomic mass is 35.5. The summed E-state index contributed by atoms with van der Waals surface area (Å²) in [7, 11) is 1.89. The van der Waals surface area contributed by atoms with Crippen LogP contribution in [0.1, 0.15) is 13.3 Å². The summed E-state index contributed by atoms with van der Waals surface area (Å²) in [6.07, 6.45) is 2.18. The third-order valence-corrected chi connectivity index (χ3v) is 2.93. The summed E-state index contributed by atoms with van der Waals surface area (Å²) >= 11 is 16.7. The predicted octanol–water partition coefficient (Wildman–Crippen LogP) is 2.89. The van der Waals surface area contributed by atoms with Gasteiger partial charge in [0.2, 0.25) is 0 Å². The van der Waals surface area contributed by atoms with Crippen LogP contribution in [-0.2, 0) is 0 Å². The van der Waals surface area contributed by atoms with Crippen molar-refractivity contribution < 1.29 is 0 Å². The number of anilines is 1. The third-order valence-electron chi connectivity index (χ3n) is 2.28. The lowest BCUT2D eigenvalue weighted by Crippen LogP contribution is -2.33. The van der Waals surface area contributed by atoms with Gasteiger partial charge >= 0.3 is 0 Å². The van der Waals surface area contributed by atoms with Crippen LogP contribution in [0.4, 0.5) is 5.82 Å². The van der Waals surface area contributed by atoms with Gasteiger partial charge in [-0.25, -0.2) is 4.98 Å². The summed E-state index contributed by atoms with van der Waals surface area (Å²) in [6.45, 7) is 2.01. The maximum atomic E-state index is 6.05. The quantitative estimate of drug-likeness (QED) is 0.860. The minimum atomic E-state index is 0.142. The van der Waals surface area contributed by atoms with Crippen molar-refractivity contribution in [1.82, 2.24) is 4.98 Å². The molecule has 1 atom stereocenters. The van der Waals surface area contributed by atoms with Gasteiger partial charge in [-0.05, 0) is 13.0 Å². The van der Waals surface area contributed by atoms with Crippen LogP contribution >= 0.6 is 35.4 Å². The maximum absolute atomic E-state index is 6.05. The molecule has 1 heterocycles. The number of aromatic nitrogens is 1. The minimum absolute atomic E-state index is 0.142. The van der Waals surface area contributed by atoms with Crippen molar-refractivity contribution >= 4 is 46.2 Å². The lowest BCUT2D eigenvalue weighted by molar-refractivity contribution is 0.705. The van der Waals surface area contributed by atoms with E-state index in [4.69, 9.17) is 41.2 Å². The van der Waals surface area contributed by atoms with Crippen LogP contribution in [-0.4, -0.2) is 23.1 Å². The summed E-state index contributed by atoms with van der Waals surface area (Å²) in [6, 6.07) is 1.80. The van der Waals surface area contributed by atoms with Crippen LogP contribution in [0.3, 0.4) is 0 Å². The van der Waals surface area contributed by atoms with Crippen molar-refractivity contribution in [2.45, 2.75) is 19.4 Å². The average molecular weight is 278 g/mol. The number of halogens is 2. The first-order valence-corrected chi connectivity index (χ1v) is 5.90. The van der Waals surface area contributed by atoms with Crippen molar-refractivity contribution in [3.63, 3.8) is 0 Å². The Morgan fingerprint density at radius 1 is 1.62 bits per heavy atom. The van der Waals surface area contributed by atoms with E-state index in [1.807, 2.05) is 18.9 Å². The average Bonchev–Trinajstić information content (AvgIpc) is 2.15. The zero-order chi connectivity index (χ0) is 12.3. The second-order valence-electron chi connectivity index (χ2n) is 3.59. The molecular formula is C10H13Cl2N3S. The summed E-state index contributed by atoms with van der Waals surface area (Å²) in [4.78, 5) is 6.59. The number of rotatable bonds is 4. The van der Waals surface area contributed by atoms with Crippen molar-refractivity contribution in [2.24, 2.45) is 5.73 Å². The van der Waals surface area contributed by atoms with E-state index >= 15 is 0 Å². The molecule has 1 aromatic heterocycles. The Hall–Kier alpha value is -0.580. The van der Waals surface area contributed by atoms with Gasteiger partial charge < -0.3 is 10.6 Å². The second-order valence-corrected chi connectivity index (χ2v) is 4.96. The van der Waals surface area contributed by atoms with Crippen molar-refractivity contribution in [1.29, 1.82) is 0 Å². The summed E-state index contributed by atoms with van der Waals surface area (Å²) < 4.78 is 0. The van der Waals surface area contributed by atoms with E-state index in [0.717, 1.165) is 0 Å². The zero-order valence-electron chi connectivity index (χ0n) is 9.08. The molecule has 0 aromatic carbocycles. The Morgan fingerprint density at radius 3 is 2.75 bits per heavy atom. The van der Waals surface area contributed by atoms with E-state index in [1.165, 1.54) is 0 Å². The molecule has 3 nitrogen and oxygen atoms in total. The van der Waals surface area contributed by atoms with E-state index < -0.39 is 0 Å². The predicted molar refractivity (Wildman–Crippen MR) is 73.5 cm³/mol. The summed E-state index contributed by atoms with van der Waals surface area (Å²) in [5.41, 5.74) is 5.50. The summed E-state index contributed by atoms with van der Waals surface area (Å²) in [5, 5.41) is 1.04. The molecule has 1 aromatic rings. The topological polar surface area (TPSA) is 42.1 Å². The largest absolute Gasteiger partial charge is 0.393 e. The van der Waals surface area contributed by atoms with Crippen LogP contribution in [0.5, 0.6) is 0 Å². The fourth-order valence-corrected chi connectivity index (χ4v) is 2.06. The first-order chi connectivity index (χ1) is 7.41. The SMILES string of the molecule is CC(CC(N)=S)N(C)c1ncc(Cl)cc1Cl. The van der Waals surface area contributed by atoms with Gasteiger partial charge in [0.05, 0.1) is 15.0 Å². The van der Waals surface area contributed by atoms with Crippen LogP contribution in [0.15, 0.2) is 12.3 Å². The van der Waals surface area contributed by atoms with Crippen LogP contribution in [0, 0.1) is 0 Å². The Morgan fingerprint density at radius 2 is 2.25 bits per heavy atom. The molecule has 2 N–H and O–H groups in total. The number of nitrogens with two attached hydrogens (primary N) is 1. The molecule has 0 saturated heterocycles. The molecular weight excluding hydrogens is 265 g/mol. The van der Waals surface area contributed by atoms with Crippen LogP contribution in [0.2, 0.25) is 10.0 Å². The molecule has 1 unspecified atom stereocenters. The Bertz CT molecular complexity index is 398. The van der Waals surface area contributed by atoms with Gasteiger partial charge in [-0.15, -0.1) is 0 Å². The van der Waals surface area contributed by atoms with Crippen molar-refractivity contribution in [3.05, 3.63) is 22.3 Å². The first kappa shape index (κ1) is 13.5. The van der Waals surface area contributed by atoms with Gasteiger partial charge in [0.1, 0.15) is 5.82 Å². The number of thiocarbonyl (C=S) groups is 1. The molecule has 6 heteroatoms. The Balaban J connectivity index is 2.87. The van der Waals surface area contributed by atoms with Crippen LogP contribution < -0.4 is 10.6 Å². The van der Waals surface area contributed by atoms with E-state index in [-0.39, 0.29) is 6.04 Å². The number of hydrogen-bond acceptors (Lipinski definition) is 3. The number of nitrogens with zero attached hydrogens (tertiary/aromatic N) is 2. The van der Waals surface area contributed by atoms with E-state index in [9.17, 15) is 0 Å². The highest BCUT2D eigenvalue weighted by Crippen LogP contribution is 2.26. The zero-order valence-corrected chi connectivity index (χ0v) is 11.4. The van der Waals surface area contributed by atoms with E-state index in [1.54, 1.807) is 12.3 Å². The molecule has 0 amide bonds. The summed E-state index contributed by atoms with van der Waals surface area (Å²) in [5.74, 6) is 0.676. The molecule has 0 fully saturated rings. The van der Waals surface area contributed by atoms with Crippen molar-refractivity contribution in [3.8, 4) is 0 Å². The van der Waals surface area contributed by atoms with Gasteiger partial charge in [-0.1, -0.05) is 35.4 Å². The molecule has 16 heavy (non-hydrogen) atoms. The molecule has 1 rings (SSSR count). The van der Waals surface area contributed by atoms with Gasteiger partial charge in [-0.3, -0.25) is 0 Å². The monoisotopic (exact) mass is 277 g/mol. The fourth-order valence-electron chi connectivity index (χ4n) is 1.30. The molecule has 0 spiro atoms. The highest BCUT2D eigenvalue weighted by Gasteiger charge is 2.15. The highest BCUT2D eigenvalue weighted by molar-refractivity contribution is 7.80. The maximum Gasteiger partial charge on any atom is 0.147 e. The first-order valence-electron chi connectivity index (χ1n) is 4.74. The molecule has 0 aliphatic rings. The molecule has 0 radical (unpaired) electrons. The van der Waals surface area contributed by atoms with Gasteiger partial charge in [0.25, 0.3) is 0 Å². The van der Waals surface area contributed by atoms with Crippen LogP contribution in [0.25, 0.3) is 0 Å².